The molecule has 0 saturated carbocycles. The average molecular weight is 447 g/mol. The summed E-state index contributed by atoms with van der Waals surface area (Å²) < 4.78 is 3.14. The molecule has 34 heavy (non-hydrogen) atoms. The maximum Gasteiger partial charge on any atom is 0.229 e. The number of aromatic nitrogens is 4. The molecule has 6 heteroatoms. The third kappa shape index (κ3) is 3.97. The third-order valence-electron chi connectivity index (χ3n) is 5.63. The van der Waals surface area contributed by atoms with E-state index in [0.717, 1.165) is 22.3 Å². The third-order valence-corrected chi connectivity index (χ3v) is 5.63. The van der Waals surface area contributed by atoms with Crippen molar-refractivity contribution in [3.8, 4) is 45.3 Å². The number of hydrogen-bond acceptors (Lipinski definition) is 4. The van der Waals surface area contributed by atoms with Crippen LogP contribution in [0.25, 0.3) is 45.3 Å². The average Bonchev–Trinajstić information content (AvgIpc) is 3.51. The highest BCUT2D eigenvalue weighted by molar-refractivity contribution is 5.84. The summed E-state index contributed by atoms with van der Waals surface area (Å²) in [5.74, 6) is 1.02. The topological polar surface area (TPSA) is 69.8 Å². The fourth-order valence-electron chi connectivity index (χ4n) is 3.91. The van der Waals surface area contributed by atoms with Gasteiger partial charge in [0.2, 0.25) is 11.8 Å². The Balaban J connectivity index is 1.51. The minimum Gasteiger partial charge on any atom is -0.274 e. The molecule has 0 saturated heterocycles. The summed E-state index contributed by atoms with van der Waals surface area (Å²) in [6, 6.07) is 27.1. The molecule has 2 heterocycles. The van der Waals surface area contributed by atoms with E-state index in [1.807, 2.05) is 84.9 Å². The van der Waals surface area contributed by atoms with Crippen molar-refractivity contribution in [2.75, 3.05) is 0 Å². The van der Waals surface area contributed by atoms with Crippen molar-refractivity contribution >= 4 is 11.8 Å². The van der Waals surface area contributed by atoms with Crippen LogP contribution in [0, 0.1) is 0 Å². The molecule has 5 rings (SSSR count). The van der Waals surface area contributed by atoms with E-state index < -0.39 is 0 Å². The molecule has 0 aliphatic heterocycles. The summed E-state index contributed by atoms with van der Waals surface area (Å²) in [4.78, 5) is 33.9. The van der Waals surface area contributed by atoms with Crippen LogP contribution in [0.5, 0.6) is 0 Å². The molecule has 6 nitrogen and oxygen atoms in total. The Kier molecular flexibility index (Phi) is 5.47. The molecule has 0 atom stereocenters. The van der Waals surface area contributed by atoms with Crippen molar-refractivity contribution in [1.29, 1.82) is 0 Å². The number of rotatable bonds is 4. The first-order chi connectivity index (χ1) is 16.5. The molecule has 0 radical (unpaired) electrons. The van der Waals surface area contributed by atoms with Gasteiger partial charge in [-0.3, -0.25) is 18.7 Å². The van der Waals surface area contributed by atoms with Crippen LogP contribution in [0.3, 0.4) is 0 Å². The summed E-state index contributed by atoms with van der Waals surface area (Å²) in [6.45, 7) is 3.05. The Labute approximate surface area is 197 Å². The monoisotopic (exact) mass is 446 g/mol. The molecule has 0 N–H and O–H groups in total. The fourth-order valence-corrected chi connectivity index (χ4v) is 3.91. The highest BCUT2D eigenvalue weighted by Crippen LogP contribution is 2.29. The van der Waals surface area contributed by atoms with E-state index in [1.54, 1.807) is 21.5 Å². The van der Waals surface area contributed by atoms with Gasteiger partial charge in [0.15, 0.2) is 0 Å². The smallest absolute Gasteiger partial charge is 0.229 e. The second-order valence-electron chi connectivity index (χ2n) is 7.99. The van der Waals surface area contributed by atoms with Crippen LogP contribution in [-0.2, 0) is 0 Å². The Morgan fingerprint density at radius 2 is 0.882 bits per heavy atom. The predicted molar refractivity (Wildman–Crippen MR) is 132 cm³/mol. The fraction of sp³-hybridized carbons (Fsp3) is 0.0714. The van der Waals surface area contributed by atoms with E-state index in [9.17, 15) is 9.59 Å². The molecule has 0 aliphatic rings. The molecule has 0 aliphatic carbocycles. The lowest BCUT2D eigenvalue weighted by Gasteiger charge is -2.02. The molecular weight excluding hydrogens is 424 g/mol. The molecule has 0 amide bonds. The zero-order chi connectivity index (χ0) is 23.7. The van der Waals surface area contributed by atoms with Gasteiger partial charge in [0.25, 0.3) is 0 Å². The Morgan fingerprint density at radius 3 is 1.21 bits per heavy atom. The molecule has 0 fully saturated rings. The highest BCUT2D eigenvalue weighted by atomic mass is 16.2. The van der Waals surface area contributed by atoms with Crippen molar-refractivity contribution in [2.45, 2.75) is 13.8 Å². The van der Waals surface area contributed by atoms with Crippen molar-refractivity contribution in [1.82, 2.24) is 19.1 Å². The number of nitrogens with zero attached hydrogens (tertiary/aromatic N) is 4. The zero-order valence-electron chi connectivity index (χ0n) is 18.8. The predicted octanol–water partition coefficient (Wildman–Crippen LogP) is 6.07. The lowest BCUT2D eigenvalue weighted by molar-refractivity contribution is 0.0929. The van der Waals surface area contributed by atoms with Gasteiger partial charge in [0.1, 0.15) is 11.6 Å². The molecular formula is C28H22N4O2. The quantitative estimate of drug-likeness (QED) is 0.336. The van der Waals surface area contributed by atoms with Crippen molar-refractivity contribution in [2.24, 2.45) is 0 Å². The van der Waals surface area contributed by atoms with E-state index in [2.05, 4.69) is 0 Å². The number of imidazole rings is 2. The second kappa shape index (κ2) is 8.75. The summed E-state index contributed by atoms with van der Waals surface area (Å²) in [5, 5.41) is 0. The van der Waals surface area contributed by atoms with Crippen LogP contribution < -0.4 is 0 Å². The first-order valence-electron chi connectivity index (χ1n) is 10.9. The van der Waals surface area contributed by atoms with Gasteiger partial charge in [-0.05, 0) is 0 Å². The van der Waals surface area contributed by atoms with Gasteiger partial charge in [0, 0.05) is 48.5 Å². The standard InChI is InChI=1S/C28H22N4O2/c1-19(33)31-17-25(29-27(31)23-9-5-3-6-10-23)21-13-15-22(16-14-21)26-18-32(20(2)34)28(30-26)24-11-7-4-8-12-24/h3-18H,1-2H3. The van der Waals surface area contributed by atoms with Crippen molar-refractivity contribution in [3.63, 3.8) is 0 Å². The summed E-state index contributed by atoms with van der Waals surface area (Å²) in [7, 11) is 0. The van der Waals surface area contributed by atoms with E-state index in [-0.39, 0.29) is 11.8 Å². The summed E-state index contributed by atoms with van der Waals surface area (Å²) >= 11 is 0. The SMILES string of the molecule is CC(=O)n1cc(-c2ccc(-c3cn(C(C)=O)c(-c4ccccc4)n3)cc2)nc1-c1ccccc1. The Morgan fingerprint density at radius 1 is 0.529 bits per heavy atom. The largest absolute Gasteiger partial charge is 0.274 e. The maximum absolute atomic E-state index is 12.2. The number of hydrogen-bond donors (Lipinski definition) is 0. The lowest BCUT2D eigenvalue weighted by Crippen LogP contribution is -2.05. The van der Waals surface area contributed by atoms with Gasteiger partial charge in [-0.15, -0.1) is 0 Å². The molecule has 166 valence electrons. The van der Waals surface area contributed by atoms with Gasteiger partial charge < -0.3 is 0 Å². The molecule has 0 unspecified atom stereocenters. The van der Waals surface area contributed by atoms with E-state index >= 15 is 0 Å². The molecule has 0 bridgehead atoms. The summed E-state index contributed by atoms with van der Waals surface area (Å²) in [6.07, 6.45) is 3.52. The highest BCUT2D eigenvalue weighted by Gasteiger charge is 2.16. The first kappa shape index (κ1) is 21.3. The lowest BCUT2D eigenvalue weighted by atomic mass is 10.1. The minimum atomic E-state index is -0.0996. The molecule has 3 aromatic carbocycles. The van der Waals surface area contributed by atoms with E-state index in [1.165, 1.54) is 13.8 Å². The van der Waals surface area contributed by atoms with Gasteiger partial charge in [0.05, 0.1) is 11.4 Å². The second-order valence-corrected chi connectivity index (χ2v) is 7.99. The van der Waals surface area contributed by atoms with Crippen LogP contribution in [0.15, 0.2) is 97.3 Å². The maximum atomic E-state index is 12.2. The molecule has 5 aromatic rings. The van der Waals surface area contributed by atoms with E-state index in [4.69, 9.17) is 9.97 Å². The van der Waals surface area contributed by atoms with E-state index in [0.29, 0.717) is 23.0 Å². The first-order valence-corrected chi connectivity index (χ1v) is 10.9. The van der Waals surface area contributed by atoms with Gasteiger partial charge >= 0.3 is 0 Å². The number of carbonyl (C=O) groups is 2. The van der Waals surface area contributed by atoms with Crippen LogP contribution in [-0.4, -0.2) is 30.9 Å². The van der Waals surface area contributed by atoms with Gasteiger partial charge in [-0.1, -0.05) is 84.9 Å². The Bertz CT molecular complexity index is 1370. The van der Waals surface area contributed by atoms with Crippen LogP contribution in [0.1, 0.15) is 23.4 Å². The number of benzene rings is 3. The van der Waals surface area contributed by atoms with Gasteiger partial charge in [-0.2, -0.15) is 0 Å². The Hall–Kier alpha value is -4.58. The number of carbonyl (C=O) groups excluding carboxylic acids is 2. The van der Waals surface area contributed by atoms with Crippen LogP contribution in [0.4, 0.5) is 0 Å². The van der Waals surface area contributed by atoms with Crippen LogP contribution >= 0.6 is 0 Å². The van der Waals surface area contributed by atoms with Crippen molar-refractivity contribution < 1.29 is 9.59 Å². The molecule has 0 spiro atoms. The van der Waals surface area contributed by atoms with Crippen LogP contribution in [0.2, 0.25) is 0 Å². The van der Waals surface area contributed by atoms with Gasteiger partial charge in [-0.25, -0.2) is 9.97 Å². The molecule has 2 aromatic heterocycles. The zero-order valence-corrected chi connectivity index (χ0v) is 18.8. The minimum absolute atomic E-state index is 0.0996. The van der Waals surface area contributed by atoms with Crippen molar-refractivity contribution in [3.05, 3.63) is 97.3 Å². The summed E-state index contributed by atoms with van der Waals surface area (Å²) in [5.41, 5.74) is 4.94. The normalized spacial score (nSPS) is 10.9.